The Morgan fingerprint density at radius 1 is 1.04 bits per heavy atom. The SMILES string of the molecule is CC(=O)N(C)c1cccc(NC(=O)NC2(C)Cc3ccccc3C2)c1. The summed E-state index contributed by atoms with van der Waals surface area (Å²) in [6, 6.07) is 15.3. The minimum Gasteiger partial charge on any atom is -0.332 e. The molecule has 5 nitrogen and oxygen atoms in total. The molecule has 0 aliphatic heterocycles. The first-order valence-corrected chi connectivity index (χ1v) is 8.37. The Balaban J connectivity index is 1.66. The van der Waals surface area contributed by atoms with Crippen LogP contribution < -0.4 is 15.5 Å². The standard InChI is InChI=1S/C20H23N3O2/c1-14(24)23(3)18-10-6-9-17(11-18)21-19(25)22-20(2)12-15-7-4-5-8-16(15)13-20/h4-11H,12-13H2,1-3H3,(H2,21,22,25). The van der Waals surface area contributed by atoms with E-state index in [2.05, 4.69) is 29.7 Å². The van der Waals surface area contributed by atoms with Crippen LogP contribution in [-0.4, -0.2) is 24.5 Å². The first-order chi connectivity index (χ1) is 11.9. The highest BCUT2D eigenvalue weighted by atomic mass is 16.2. The number of fused-ring (bicyclic) bond motifs is 1. The van der Waals surface area contributed by atoms with Gasteiger partial charge in [0, 0.05) is 30.9 Å². The van der Waals surface area contributed by atoms with E-state index < -0.39 is 0 Å². The number of hydrogen-bond acceptors (Lipinski definition) is 2. The van der Waals surface area contributed by atoms with Crippen LogP contribution in [0.4, 0.5) is 16.2 Å². The minimum atomic E-state index is -0.290. The molecule has 0 bridgehead atoms. The highest BCUT2D eigenvalue weighted by Crippen LogP contribution is 2.29. The number of benzene rings is 2. The van der Waals surface area contributed by atoms with Gasteiger partial charge in [0.2, 0.25) is 5.91 Å². The topological polar surface area (TPSA) is 61.4 Å². The molecule has 1 aliphatic carbocycles. The first kappa shape index (κ1) is 17.0. The molecule has 0 saturated heterocycles. The minimum absolute atomic E-state index is 0.0576. The zero-order valence-electron chi connectivity index (χ0n) is 14.8. The monoisotopic (exact) mass is 337 g/mol. The van der Waals surface area contributed by atoms with E-state index in [1.54, 1.807) is 13.1 Å². The molecule has 0 fully saturated rings. The summed E-state index contributed by atoms with van der Waals surface area (Å²) in [5.41, 5.74) is 3.68. The van der Waals surface area contributed by atoms with Gasteiger partial charge in [-0.15, -0.1) is 0 Å². The van der Waals surface area contributed by atoms with E-state index in [1.165, 1.54) is 23.0 Å². The second-order valence-corrected chi connectivity index (χ2v) is 6.89. The quantitative estimate of drug-likeness (QED) is 0.902. The predicted molar refractivity (Wildman–Crippen MR) is 99.9 cm³/mol. The number of rotatable bonds is 3. The van der Waals surface area contributed by atoms with Crippen molar-refractivity contribution in [1.82, 2.24) is 5.32 Å². The van der Waals surface area contributed by atoms with Crippen molar-refractivity contribution in [3.05, 3.63) is 59.7 Å². The number of carbonyl (C=O) groups excluding carboxylic acids is 2. The third kappa shape index (κ3) is 3.82. The first-order valence-electron chi connectivity index (χ1n) is 8.37. The van der Waals surface area contributed by atoms with Crippen LogP contribution in [0.3, 0.4) is 0 Å². The number of amides is 3. The Bertz CT molecular complexity index is 791. The molecule has 5 heteroatoms. The molecule has 2 aromatic carbocycles. The van der Waals surface area contributed by atoms with E-state index in [0.29, 0.717) is 5.69 Å². The molecule has 1 aliphatic rings. The number of nitrogens with one attached hydrogen (secondary N) is 2. The molecule has 0 atom stereocenters. The van der Waals surface area contributed by atoms with Crippen LogP contribution >= 0.6 is 0 Å². The second kappa shape index (κ2) is 6.59. The van der Waals surface area contributed by atoms with Crippen LogP contribution in [0.2, 0.25) is 0 Å². The molecule has 130 valence electrons. The lowest BCUT2D eigenvalue weighted by atomic mass is 9.99. The molecule has 3 amide bonds. The van der Waals surface area contributed by atoms with Gasteiger partial charge in [0.15, 0.2) is 0 Å². The van der Waals surface area contributed by atoms with Gasteiger partial charge in [-0.2, -0.15) is 0 Å². The normalized spacial score (nSPS) is 14.5. The van der Waals surface area contributed by atoms with Crippen molar-refractivity contribution in [2.75, 3.05) is 17.3 Å². The number of anilines is 2. The molecule has 2 N–H and O–H groups in total. The smallest absolute Gasteiger partial charge is 0.319 e. The number of hydrogen-bond donors (Lipinski definition) is 2. The summed E-state index contributed by atoms with van der Waals surface area (Å²) in [7, 11) is 1.71. The summed E-state index contributed by atoms with van der Waals surface area (Å²) >= 11 is 0. The van der Waals surface area contributed by atoms with Gasteiger partial charge in [-0.05, 0) is 49.1 Å². The maximum Gasteiger partial charge on any atom is 0.319 e. The summed E-state index contributed by atoms with van der Waals surface area (Å²) in [4.78, 5) is 25.5. The summed E-state index contributed by atoms with van der Waals surface area (Å²) in [5.74, 6) is -0.0576. The van der Waals surface area contributed by atoms with Crippen LogP contribution in [0.1, 0.15) is 25.0 Å². The molecule has 0 radical (unpaired) electrons. The second-order valence-electron chi connectivity index (χ2n) is 6.89. The van der Waals surface area contributed by atoms with E-state index >= 15 is 0 Å². The van der Waals surface area contributed by atoms with E-state index in [9.17, 15) is 9.59 Å². The van der Waals surface area contributed by atoms with E-state index in [0.717, 1.165) is 18.5 Å². The van der Waals surface area contributed by atoms with Gasteiger partial charge in [0.05, 0.1) is 0 Å². The fourth-order valence-corrected chi connectivity index (χ4v) is 3.30. The van der Waals surface area contributed by atoms with Crippen molar-refractivity contribution in [3.63, 3.8) is 0 Å². The summed E-state index contributed by atoms with van der Waals surface area (Å²) in [5, 5.41) is 5.96. The van der Waals surface area contributed by atoms with Crippen LogP contribution in [-0.2, 0) is 17.6 Å². The van der Waals surface area contributed by atoms with Gasteiger partial charge in [-0.3, -0.25) is 4.79 Å². The Morgan fingerprint density at radius 3 is 2.28 bits per heavy atom. The Labute approximate surface area is 148 Å². The zero-order valence-corrected chi connectivity index (χ0v) is 14.8. The van der Waals surface area contributed by atoms with Gasteiger partial charge in [-0.1, -0.05) is 30.3 Å². The summed E-state index contributed by atoms with van der Waals surface area (Å²) < 4.78 is 0. The third-order valence-electron chi connectivity index (χ3n) is 4.66. The molecule has 0 saturated carbocycles. The molecule has 0 aromatic heterocycles. The highest BCUT2D eigenvalue weighted by Gasteiger charge is 2.33. The molecule has 2 aromatic rings. The fourth-order valence-electron chi connectivity index (χ4n) is 3.30. The lowest BCUT2D eigenvalue weighted by Crippen LogP contribution is -2.48. The van der Waals surface area contributed by atoms with Gasteiger partial charge in [-0.25, -0.2) is 4.79 Å². The Hall–Kier alpha value is -2.82. The lowest BCUT2D eigenvalue weighted by Gasteiger charge is -2.25. The van der Waals surface area contributed by atoms with E-state index in [-0.39, 0.29) is 17.5 Å². The predicted octanol–water partition coefficient (Wildman–Crippen LogP) is 3.35. The number of carbonyl (C=O) groups is 2. The van der Waals surface area contributed by atoms with Gasteiger partial charge in [0.1, 0.15) is 0 Å². The summed E-state index contributed by atoms with van der Waals surface area (Å²) in [6.07, 6.45) is 1.65. The zero-order chi connectivity index (χ0) is 18.0. The lowest BCUT2D eigenvalue weighted by molar-refractivity contribution is -0.116. The maximum absolute atomic E-state index is 12.4. The van der Waals surface area contributed by atoms with Gasteiger partial charge in [0.25, 0.3) is 0 Å². The van der Waals surface area contributed by atoms with Crippen molar-refractivity contribution in [3.8, 4) is 0 Å². The molecule has 0 heterocycles. The number of urea groups is 1. The molecular weight excluding hydrogens is 314 g/mol. The Morgan fingerprint density at radius 2 is 1.68 bits per heavy atom. The Kier molecular flexibility index (Phi) is 4.49. The third-order valence-corrected chi connectivity index (χ3v) is 4.66. The van der Waals surface area contributed by atoms with Crippen molar-refractivity contribution >= 4 is 23.3 Å². The fraction of sp³-hybridized carbons (Fsp3) is 0.300. The van der Waals surface area contributed by atoms with Gasteiger partial charge >= 0.3 is 6.03 Å². The average molecular weight is 337 g/mol. The largest absolute Gasteiger partial charge is 0.332 e. The van der Waals surface area contributed by atoms with Crippen LogP contribution in [0.5, 0.6) is 0 Å². The molecular formula is C20H23N3O2. The molecule has 0 unspecified atom stereocenters. The van der Waals surface area contributed by atoms with Crippen LogP contribution in [0.25, 0.3) is 0 Å². The molecule has 0 spiro atoms. The summed E-state index contributed by atoms with van der Waals surface area (Å²) in [6.45, 7) is 3.57. The molecule has 25 heavy (non-hydrogen) atoms. The van der Waals surface area contributed by atoms with Crippen molar-refractivity contribution in [2.45, 2.75) is 32.2 Å². The van der Waals surface area contributed by atoms with Gasteiger partial charge < -0.3 is 15.5 Å². The van der Waals surface area contributed by atoms with Crippen molar-refractivity contribution in [1.29, 1.82) is 0 Å². The number of nitrogens with zero attached hydrogens (tertiary/aromatic N) is 1. The van der Waals surface area contributed by atoms with E-state index in [4.69, 9.17) is 0 Å². The maximum atomic E-state index is 12.4. The van der Waals surface area contributed by atoms with E-state index in [1.807, 2.05) is 30.3 Å². The molecule has 3 rings (SSSR count). The van der Waals surface area contributed by atoms with Crippen molar-refractivity contribution < 1.29 is 9.59 Å². The highest BCUT2D eigenvalue weighted by molar-refractivity contribution is 5.94. The van der Waals surface area contributed by atoms with Crippen LogP contribution in [0, 0.1) is 0 Å². The van der Waals surface area contributed by atoms with Crippen LogP contribution in [0.15, 0.2) is 48.5 Å². The average Bonchev–Trinajstić information content (AvgIpc) is 2.89. The van der Waals surface area contributed by atoms with Crippen molar-refractivity contribution in [2.24, 2.45) is 0 Å².